The van der Waals surface area contributed by atoms with Gasteiger partial charge in [0.1, 0.15) is 5.65 Å². The fourth-order valence-electron chi connectivity index (χ4n) is 2.52. The van der Waals surface area contributed by atoms with Crippen LogP contribution in [0.15, 0.2) is 10.9 Å². The van der Waals surface area contributed by atoms with Gasteiger partial charge in [0, 0.05) is 11.6 Å². The summed E-state index contributed by atoms with van der Waals surface area (Å²) < 4.78 is 1.57. The number of carbonyl (C=O) groups is 1. The van der Waals surface area contributed by atoms with Gasteiger partial charge in [-0.25, -0.2) is 9.31 Å². The van der Waals surface area contributed by atoms with Crippen LogP contribution in [0, 0.1) is 0 Å². The predicted octanol–water partition coefficient (Wildman–Crippen LogP) is 0.990. The van der Waals surface area contributed by atoms with Crippen LogP contribution in [0.1, 0.15) is 41.0 Å². The highest BCUT2D eigenvalue weighted by Crippen LogP contribution is 2.18. The molecule has 1 aliphatic rings. The lowest BCUT2D eigenvalue weighted by molar-refractivity contribution is 0.0690. The third-order valence-corrected chi connectivity index (χ3v) is 3.39. The quantitative estimate of drug-likeness (QED) is 0.735. The summed E-state index contributed by atoms with van der Waals surface area (Å²) in [4.78, 5) is 25.6. The molecule has 6 nitrogen and oxygen atoms in total. The van der Waals surface area contributed by atoms with Crippen molar-refractivity contribution < 1.29 is 9.90 Å². The largest absolute Gasteiger partial charge is 0.476 e. The average molecular weight is 247 g/mol. The van der Waals surface area contributed by atoms with Crippen LogP contribution in [-0.4, -0.2) is 25.7 Å². The molecule has 0 bridgehead atoms. The lowest BCUT2D eigenvalue weighted by Crippen LogP contribution is -2.19. The Kier molecular flexibility index (Phi) is 2.43. The summed E-state index contributed by atoms with van der Waals surface area (Å²) >= 11 is 0. The minimum Gasteiger partial charge on any atom is -0.476 e. The molecule has 0 atom stereocenters. The van der Waals surface area contributed by atoms with Crippen molar-refractivity contribution in [2.75, 3.05) is 0 Å². The fourth-order valence-corrected chi connectivity index (χ4v) is 2.52. The normalized spacial score (nSPS) is 15.3. The van der Waals surface area contributed by atoms with E-state index >= 15 is 0 Å². The molecule has 0 spiro atoms. The van der Waals surface area contributed by atoms with Crippen LogP contribution >= 0.6 is 0 Å². The van der Waals surface area contributed by atoms with Gasteiger partial charge in [0.2, 0.25) is 0 Å². The SMILES string of the molecule is O=C(O)c1cc2[nH]c(=O)c3c(n2n1)CCCCC3. The van der Waals surface area contributed by atoms with E-state index in [-0.39, 0.29) is 11.3 Å². The van der Waals surface area contributed by atoms with Crippen molar-refractivity contribution in [1.82, 2.24) is 14.6 Å². The zero-order valence-electron chi connectivity index (χ0n) is 9.77. The first-order chi connectivity index (χ1) is 8.66. The maximum atomic E-state index is 12.0. The van der Waals surface area contributed by atoms with Crippen molar-refractivity contribution in [3.8, 4) is 0 Å². The van der Waals surface area contributed by atoms with Crippen LogP contribution in [0.4, 0.5) is 0 Å². The Labute approximate surface area is 102 Å². The molecule has 3 rings (SSSR count). The van der Waals surface area contributed by atoms with Gasteiger partial charge in [0.05, 0.1) is 5.69 Å². The van der Waals surface area contributed by atoms with E-state index in [0.717, 1.165) is 43.4 Å². The van der Waals surface area contributed by atoms with Gasteiger partial charge in [-0.2, -0.15) is 5.10 Å². The van der Waals surface area contributed by atoms with Gasteiger partial charge < -0.3 is 10.1 Å². The number of carboxylic acid groups (broad SMARTS) is 1. The van der Waals surface area contributed by atoms with Crippen LogP contribution < -0.4 is 5.56 Å². The molecule has 2 N–H and O–H groups in total. The van der Waals surface area contributed by atoms with Crippen molar-refractivity contribution in [2.24, 2.45) is 0 Å². The number of aromatic carboxylic acids is 1. The molecule has 6 heteroatoms. The Hall–Kier alpha value is -2.11. The maximum absolute atomic E-state index is 12.0. The molecule has 0 amide bonds. The summed E-state index contributed by atoms with van der Waals surface area (Å²) in [6, 6.07) is 1.40. The highest BCUT2D eigenvalue weighted by molar-refractivity contribution is 5.86. The zero-order chi connectivity index (χ0) is 12.7. The van der Waals surface area contributed by atoms with E-state index in [9.17, 15) is 9.59 Å². The molecule has 18 heavy (non-hydrogen) atoms. The molecule has 0 saturated carbocycles. The smallest absolute Gasteiger partial charge is 0.356 e. The van der Waals surface area contributed by atoms with E-state index in [2.05, 4.69) is 10.1 Å². The van der Waals surface area contributed by atoms with Crippen LogP contribution in [0.25, 0.3) is 5.65 Å². The predicted molar refractivity (Wildman–Crippen MR) is 64.0 cm³/mol. The van der Waals surface area contributed by atoms with Gasteiger partial charge in [-0.15, -0.1) is 0 Å². The van der Waals surface area contributed by atoms with Crippen LogP contribution in [-0.2, 0) is 12.8 Å². The minimum atomic E-state index is -1.08. The molecule has 0 saturated heterocycles. The van der Waals surface area contributed by atoms with E-state index in [1.165, 1.54) is 6.07 Å². The summed E-state index contributed by atoms with van der Waals surface area (Å²) in [5, 5.41) is 13.0. The molecule has 94 valence electrons. The van der Waals surface area contributed by atoms with E-state index in [4.69, 9.17) is 5.11 Å². The number of hydrogen-bond donors (Lipinski definition) is 2. The van der Waals surface area contributed by atoms with Crippen molar-refractivity contribution in [3.05, 3.63) is 33.4 Å². The van der Waals surface area contributed by atoms with Gasteiger partial charge in [0.15, 0.2) is 5.69 Å². The summed E-state index contributed by atoms with van der Waals surface area (Å²) in [5.41, 5.74) is 1.91. The Balaban J connectivity index is 2.31. The molecule has 1 aliphatic carbocycles. The highest BCUT2D eigenvalue weighted by atomic mass is 16.4. The minimum absolute atomic E-state index is 0.0386. The number of aryl methyl sites for hydroxylation is 1. The van der Waals surface area contributed by atoms with Gasteiger partial charge >= 0.3 is 5.97 Å². The highest BCUT2D eigenvalue weighted by Gasteiger charge is 2.18. The van der Waals surface area contributed by atoms with Crippen LogP contribution in [0.2, 0.25) is 0 Å². The molecule has 0 radical (unpaired) electrons. The Morgan fingerprint density at radius 3 is 2.89 bits per heavy atom. The standard InChI is InChI=1S/C12H13N3O3/c16-11-7-4-2-1-3-5-9(7)15-10(13-11)6-8(14-15)12(17)18/h6H,1-5H2,(H,13,16)(H,17,18). The van der Waals surface area contributed by atoms with Gasteiger partial charge in [0.25, 0.3) is 5.56 Å². The second-order valence-electron chi connectivity index (χ2n) is 4.57. The molecular formula is C12H13N3O3. The van der Waals surface area contributed by atoms with Crippen molar-refractivity contribution in [2.45, 2.75) is 32.1 Å². The number of aromatic amines is 1. The van der Waals surface area contributed by atoms with Gasteiger partial charge in [-0.05, 0) is 25.7 Å². The molecule has 0 unspecified atom stereocenters. The van der Waals surface area contributed by atoms with Gasteiger partial charge in [-0.3, -0.25) is 4.79 Å². The number of nitrogens with zero attached hydrogens (tertiary/aromatic N) is 2. The van der Waals surface area contributed by atoms with E-state index in [1.54, 1.807) is 4.52 Å². The number of carboxylic acids is 1. The molecule has 0 fully saturated rings. The average Bonchev–Trinajstić information content (AvgIpc) is 2.59. The summed E-state index contributed by atoms with van der Waals surface area (Å²) in [6.07, 6.45) is 4.60. The number of nitrogens with one attached hydrogen (secondary N) is 1. The summed E-state index contributed by atoms with van der Waals surface area (Å²) in [5.74, 6) is -1.08. The number of fused-ring (bicyclic) bond motifs is 3. The molecule has 2 aromatic rings. The van der Waals surface area contributed by atoms with Crippen LogP contribution in [0.3, 0.4) is 0 Å². The number of rotatable bonds is 1. The molecule has 2 aromatic heterocycles. The van der Waals surface area contributed by atoms with Gasteiger partial charge in [-0.1, -0.05) is 6.42 Å². The fraction of sp³-hybridized carbons (Fsp3) is 0.417. The molecule has 2 heterocycles. The topological polar surface area (TPSA) is 87.5 Å². The van der Waals surface area contributed by atoms with E-state index < -0.39 is 5.97 Å². The third-order valence-electron chi connectivity index (χ3n) is 3.39. The first-order valence-corrected chi connectivity index (χ1v) is 6.04. The molecule has 0 aliphatic heterocycles. The van der Waals surface area contributed by atoms with E-state index in [0.29, 0.717) is 5.65 Å². The monoisotopic (exact) mass is 247 g/mol. The third kappa shape index (κ3) is 1.61. The summed E-state index contributed by atoms with van der Waals surface area (Å²) in [7, 11) is 0. The zero-order valence-corrected chi connectivity index (χ0v) is 9.77. The first kappa shape index (κ1) is 11.0. The number of H-pyrrole nitrogens is 1. The molecule has 0 aromatic carbocycles. The first-order valence-electron chi connectivity index (χ1n) is 6.04. The number of hydrogen-bond acceptors (Lipinski definition) is 3. The lowest BCUT2D eigenvalue weighted by Gasteiger charge is -2.06. The summed E-state index contributed by atoms with van der Waals surface area (Å²) in [6.45, 7) is 0. The van der Waals surface area contributed by atoms with E-state index in [1.807, 2.05) is 0 Å². The maximum Gasteiger partial charge on any atom is 0.356 e. The molecular weight excluding hydrogens is 234 g/mol. The number of aromatic nitrogens is 3. The second-order valence-corrected chi connectivity index (χ2v) is 4.57. The second kappa shape index (κ2) is 3.97. The Bertz CT molecular complexity index is 684. The van der Waals surface area contributed by atoms with Crippen molar-refractivity contribution in [3.63, 3.8) is 0 Å². The Morgan fingerprint density at radius 1 is 1.33 bits per heavy atom. The van der Waals surface area contributed by atoms with Crippen molar-refractivity contribution >= 4 is 11.6 Å². The van der Waals surface area contributed by atoms with Crippen molar-refractivity contribution in [1.29, 1.82) is 0 Å². The lowest BCUT2D eigenvalue weighted by atomic mass is 10.1. The van der Waals surface area contributed by atoms with Crippen LogP contribution in [0.5, 0.6) is 0 Å². The Morgan fingerprint density at radius 2 is 2.11 bits per heavy atom.